The molecule has 2 aromatic heterocycles. The van der Waals surface area contributed by atoms with E-state index in [-0.39, 0.29) is 11.3 Å². The van der Waals surface area contributed by atoms with Gasteiger partial charge < -0.3 is 10.1 Å². The van der Waals surface area contributed by atoms with Crippen LogP contribution in [0.15, 0.2) is 42.5 Å². The highest BCUT2D eigenvalue weighted by Gasteiger charge is 2.25. The first-order chi connectivity index (χ1) is 17.1. The molecular weight excluding hydrogens is 497 g/mol. The van der Waals surface area contributed by atoms with Crippen LogP contribution in [0.4, 0.5) is 5.69 Å². The van der Waals surface area contributed by atoms with Gasteiger partial charge in [-0.3, -0.25) is 9.89 Å². The van der Waals surface area contributed by atoms with Gasteiger partial charge in [-0.15, -0.1) is 5.10 Å². The molecule has 0 saturated carbocycles. The molecule has 7 nitrogen and oxygen atoms in total. The molecular formula is C27H31Cl2N5O2. The van der Waals surface area contributed by atoms with Crippen molar-refractivity contribution in [3.05, 3.63) is 63.8 Å². The molecule has 190 valence electrons. The molecule has 0 aliphatic rings. The minimum absolute atomic E-state index is 0.150. The predicted octanol–water partition coefficient (Wildman–Crippen LogP) is 7.21. The van der Waals surface area contributed by atoms with Gasteiger partial charge in [0.1, 0.15) is 10.8 Å². The van der Waals surface area contributed by atoms with Gasteiger partial charge in [-0.05, 0) is 61.7 Å². The number of rotatable bonds is 8. The summed E-state index contributed by atoms with van der Waals surface area (Å²) in [7, 11) is 0. The van der Waals surface area contributed by atoms with Crippen molar-refractivity contribution in [2.75, 3.05) is 5.32 Å². The van der Waals surface area contributed by atoms with Crippen LogP contribution in [0.25, 0.3) is 17.0 Å². The molecule has 1 amide bonds. The van der Waals surface area contributed by atoms with E-state index in [0.29, 0.717) is 39.4 Å². The number of benzene rings is 2. The summed E-state index contributed by atoms with van der Waals surface area (Å²) < 4.78 is 7.61. The predicted molar refractivity (Wildman–Crippen MR) is 145 cm³/mol. The van der Waals surface area contributed by atoms with Crippen molar-refractivity contribution >= 4 is 40.4 Å². The number of ether oxygens (including phenoxy) is 1. The Kier molecular flexibility index (Phi) is 7.62. The number of aromatic nitrogens is 4. The Morgan fingerprint density at radius 3 is 2.50 bits per heavy atom. The largest absolute Gasteiger partial charge is 0.479 e. The van der Waals surface area contributed by atoms with E-state index >= 15 is 0 Å². The zero-order valence-electron chi connectivity index (χ0n) is 21.2. The summed E-state index contributed by atoms with van der Waals surface area (Å²) in [6.07, 6.45) is 1.75. The molecule has 0 fully saturated rings. The highest BCUT2D eigenvalue weighted by atomic mass is 35.5. The fourth-order valence-corrected chi connectivity index (χ4v) is 4.56. The van der Waals surface area contributed by atoms with Gasteiger partial charge in [-0.25, -0.2) is 4.98 Å². The van der Waals surface area contributed by atoms with Crippen LogP contribution >= 0.6 is 23.2 Å². The number of nitrogens with one attached hydrogen (secondary N) is 2. The lowest BCUT2D eigenvalue weighted by molar-refractivity contribution is -0.123. The molecule has 2 heterocycles. The van der Waals surface area contributed by atoms with E-state index in [2.05, 4.69) is 48.2 Å². The molecule has 0 radical (unpaired) electrons. The first-order valence-corrected chi connectivity index (χ1v) is 12.8. The monoisotopic (exact) mass is 527 g/mol. The van der Waals surface area contributed by atoms with Gasteiger partial charge in [-0.2, -0.15) is 4.63 Å². The third-order valence-electron chi connectivity index (χ3n) is 5.87. The SMILES string of the molecule is CCCCC(Oc1ccc(C)cc1Cl)C(=O)Nc1ccc(-c2nc3c(Cl)c(C(C)(C)C)[nH]n3n2)cc1. The van der Waals surface area contributed by atoms with Crippen molar-refractivity contribution in [3.8, 4) is 17.1 Å². The van der Waals surface area contributed by atoms with Crippen molar-refractivity contribution in [2.45, 2.75) is 65.4 Å². The first kappa shape index (κ1) is 26.0. The van der Waals surface area contributed by atoms with E-state index in [1.54, 1.807) is 10.7 Å². The maximum absolute atomic E-state index is 13.1. The van der Waals surface area contributed by atoms with Gasteiger partial charge in [0.25, 0.3) is 5.91 Å². The number of halogens is 2. The van der Waals surface area contributed by atoms with Crippen LogP contribution in [0.1, 0.15) is 58.2 Å². The summed E-state index contributed by atoms with van der Waals surface area (Å²) in [4.78, 5) is 17.7. The normalized spacial score (nSPS) is 12.6. The Morgan fingerprint density at radius 1 is 1.17 bits per heavy atom. The van der Waals surface area contributed by atoms with E-state index < -0.39 is 6.10 Å². The summed E-state index contributed by atoms with van der Waals surface area (Å²) in [5.41, 5.74) is 3.81. The molecule has 36 heavy (non-hydrogen) atoms. The Labute approximate surface area is 221 Å². The summed E-state index contributed by atoms with van der Waals surface area (Å²) in [6, 6.07) is 12.9. The van der Waals surface area contributed by atoms with Gasteiger partial charge >= 0.3 is 0 Å². The molecule has 4 rings (SSSR count). The fraction of sp³-hybridized carbons (Fsp3) is 0.370. The lowest BCUT2D eigenvalue weighted by Gasteiger charge is -2.19. The van der Waals surface area contributed by atoms with E-state index in [1.165, 1.54) is 0 Å². The molecule has 0 saturated heterocycles. The number of hydrogen-bond acceptors (Lipinski definition) is 4. The van der Waals surface area contributed by atoms with Crippen molar-refractivity contribution < 1.29 is 9.53 Å². The van der Waals surface area contributed by atoms with Crippen LogP contribution in [0, 0.1) is 6.92 Å². The lowest BCUT2D eigenvalue weighted by atomic mass is 9.92. The number of amides is 1. The van der Waals surface area contributed by atoms with Gasteiger partial charge in [-0.1, -0.05) is 63.4 Å². The molecule has 0 spiro atoms. The molecule has 1 unspecified atom stereocenters. The van der Waals surface area contributed by atoms with E-state index in [9.17, 15) is 4.79 Å². The van der Waals surface area contributed by atoms with Crippen LogP contribution in [-0.2, 0) is 10.2 Å². The number of carbonyl (C=O) groups excluding carboxylic acids is 1. The number of aryl methyl sites for hydroxylation is 1. The average Bonchev–Trinajstić information content (AvgIpc) is 3.37. The maximum atomic E-state index is 13.1. The number of nitrogens with zero attached hydrogens (tertiary/aromatic N) is 3. The van der Waals surface area contributed by atoms with E-state index in [4.69, 9.17) is 27.9 Å². The van der Waals surface area contributed by atoms with Crippen molar-refractivity contribution in [3.63, 3.8) is 0 Å². The van der Waals surface area contributed by atoms with Gasteiger partial charge in [0.05, 0.1) is 10.7 Å². The summed E-state index contributed by atoms with van der Waals surface area (Å²) in [5.74, 6) is 0.825. The van der Waals surface area contributed by atoms with Crippen molar-refractivity contribution in [1.29, 1.82) is 0 Å². The second-order valence-corrected chi connectivity index (χ2v) is 10.8. The molecule has 9 heteroatoms. The Hall–Kier alpha value is -3.03. The summed E-state index contributed by atoms with van der Waals surface area (Å²) in [6.45, 7) is 10.3. The summed E-state index contributed by atoms with van der Waals surface area (Å²) >= 11 is 12.9. The van der Waals surface area contributed by atoms with E-state index in [0.717, 1.165) is 29.7 Å². The van der Waals surface area contributed by atoms with Crippen LogP contribution in [0.3, 0.4) is 0 Å². The van der Waals surface area contributed by atoms with Crippen LogP contribution in [-0.4, -0.2) is 31.8 Å². The van der Waals surface area contributed by atoms with Gasteiger partial charge in [0.15, 0.2) is 17.6 Å². The number of H-pyrrole nitrogens is 1. The zero-order chi connectivity index (χ0) is 26.0. The fourth-order valence-electron chi connectivity index (χ4n) is 3.83. The third kappa shape index (κ3) is 5.68. The Balaban J connectivity index is 1.48. The quantitative estimate of drug-likeness (QED) is 0.253. The molecule has 2 N–H and O–H groups in total. The summed E-state index contributed by atoms with van der Waals surface area (Å²) in [5, 5.41) is 11.8. The van der Waals surface area contributed by atoms with Gasteiger partial charge in [0, 0.05) is 16.7 Å². The third-order valence-corrected chi connectivity index (χ3v) is 6.52. The number of hydrogen-bond donors (Lipinski definition) is 2. The van der Waals surface area contributed by atoms with Crippen LogP contribution in [0.5, 0.6) is 5.75 Å². The number of fused-ring (bicyclic) bond motifs is 1. The molecule has 4 aromatic rings. The standard InChI is InChI=1S/C27H31Cl2N5O2/c1-6-7-8-21(36-20-14-9-16(2)15-19(20)28)26(35)30-18-12-10-17(11-13-18)24-31-25-22(29)23(27(3,4)5)32-34(25)33-24/h9-15,21,32H,6-8H2,1-5H3,(H,30,35). The maximum Gasteiger partial charge on any atom is 0.265 e. The zero-order valence-corrected chi connectivity index (χ0v) is 22.7. The Bertz CT molecular complexity index is 1370. The lowest BCUT2D eigenvalue weighted by Crippen LogP contribution is -2.33. The minimum atomic E-state index is -0.653. The van der Waals surface area contributed by atoms with E-state index in [1.807, 2.05) is 43.3 Å². The molecule has 0 aliphatic heterocycles. The number of aromatic amines is 1. The molecule has 0 bridgehead atoms. The highest BCUT2D eigenvalue weighted by Crippen LogP contribution is 2.32. The number of unbranched alkanes of at least 4 members (excludes halogenated alkanes) is 1. The second kappa shape index (κ2) is 10.5. The molecule has 1 atom stereocenters. The minimum Gasteiger partial charge on any atom is -0.479 e. The average molecular weight is 528 g/mol. The molecule has 0 aliphatic carbocycles. The smallest absolute Gasteiger partial charge is 0.265 e. The van der Waals surface area contributed by atoms with Crippen molar-refractivity contribution in [1.82, 2.24) is 19.8 Å². The van der Waals surface area contributed by atoms with Crippen molar-refractivity contribution in [2.24, 2.45) is 0 Å². The van der Waals surface area contributed by atoms with Crippen LogP contribution < -0.4 is 10.1 Å². The van der Waals surface area contributed by atoms with Crippen LogP contribution in [0.2, 0.25) is 10.0 Å². The second-order valence-electron chi connectivity index (χ2n) is 9.97. The topological polar surface area (TPSA) is 84.3 Å². The first-order valence-electron chi connectivity index (χ1n) is 12.1. The Morgan fingerprint density at radius 2 is 1.89 bits per heavy atom. The molecule has 2 aromatic carbocycles. The number of anilines is 1. The number of carbonyl (C=O) groups is 1. The highest BCUT2D eigenvalue weighted by molar-refractivity contribution is 6.34. The van der Waals surface area contributed by atoms with Gasteiger partial charge in [0.2, 0.25) is 0 Å².